The molecule has 0 aliphatic heterocycles. The van der Waals surface area contributed by atoms with Crippen LogP contribution in [0.5, 0.6) is 11.5 Å². The first kappa shape index (κ1) is 18.5. The summed E-state index contributed by atoms with van der Waals surface area (Å²) >= 11 is 0. The predicted octanol–water partition coefficient (Wildman–Crippen LogP) is 5.31. The quantitative estimate of drug-likeness (QED) is 0.475. The first-order valence-electron chi connectivity index (χ1n) is 9.29. The number of methoxy groups -OCH3 is 1. The van der Waals surface area contributed by atoms with Gasteiger partial charge in [0.15, 0.2) is 17.3 Å². The second-order valence-electron chi connectivity index (χ2n) is 6.59. The zero-order valence-corrected chi connectivity index (χ0v) is 16.3. The van der Waals surface area contributed by atoms with E-state index in [0.717, 1.165) is 33.9 Å². The summed E-state index contributed by atoms with van der Waals surface area (Å²) in [7, 11) is 1.53. The van der Waals surface area contributed by atoms with Gasteiger partial charge in [-0.15, -0.1) is 0 Å². The van der Waals surface area contributed by atoms with Crippen LogP contribution in [0.25, 0.3) is 16.8 Å². The van der Waals surface area contributed by atoms with Gasteiger partial charge in [0, 0.05) is 11.8 Å². The van der Waals surface area contributed by atoms with Crippen LogP contribution in [-0.2, 0) is 0 Å². The minimum Gasteiger partial charge on any atom is -0.504 e. The molecule has 1 heterocycles. The molecule has 1 aromatic heterocycles. The highest BCUT2D eigenvalue weighted by atomic mass is 16.5. The third-order valence-electron chi connectivity index (χ3n) is 4.64. The molecule has 5 heteroatoms. The number of phenols is 1. The maximum atomic E-state index is 9.83. The van der Waals surface area contributed by atoms with Crippen molar-refractivity contribution in [3.8, 4) is 28.3 Å². The lowest BCUT2D eigenvalue weighted by atomic mass is 10.1. The number of aromatic hydroxyl groups is 1. The van der Waals surface area contributed by atoms with Crippen LogP contribution < -0.4 is 4.74 Å². The average Bonchev–Trinajstić information content (AvgIpc) is 3.10. The molecule has 0 aliphatic carbocycles. The molecule has 0 unspecified atom stereocenters. The van der Waals surface area contributed by atoms with Gasteiger partial charge in [-0.25, -0.2) is 9.67 Å². The predicted molar refractivity (Wildman–Crippen MR) is 116 cm³/mol. The van der Waals surface area contributed by atoms with Crippen molar-refractivity contribution in [2.24, 2.45) is 4.99 Å². The van der Waals surface area contributed by atoms with Crippen LogP contribution in [-0.4, -0.2) is 28.2 Å². The van der Waals surface area contributed by atoms with Crippen molar-refractivity contribution in [1.82, 2.24) is 9.78 Å². The second-order valence-corrected chi connectivity index (χ2v) is 6.59. The highest BCUT2D eigenvalue weighted by Crippen LogP contribution is 2.35. The van der Waals surface area contributed by atoms with Crippen LogP contribution in [0.3, 0.4) is 0 Å². The lowest BCUT2D eigenvalue weighted by Gasteiger charge is -2.07. The molecule has 0 radical (unpaired) electrons. The number of aliphatic imine (C=N–C) groups is 1. The van der Waals surface area contributed by atoms with Crippen molar-refractivity contribution < 1.29 is 9.84 Å². The number of ether oxygens (including phenoxy) is 1. The zero-order chi connectivity index (χ0) is 20.2. The van der Waals surface area contributed by atoms with Crippen molar-refractivity contribution in [2.75, 3.05) is 7.11 Å². The highest BCUT2D eigenvalue weighted by molar-refractivity contribution is 5.86. The van der Waals surface area contributed by atoms with Crippen LogP contribution in [0.1, 0.15) is 11.3 Å². The van der Waals surface area contributed by atoms with Gasteiger partial charge in [0.2, 0.25) is 0 Å². The number of nitrogens with zero attached hydrogens (tertiary/aromatic N) is 3. The van der Waals surface area contributed by atoms with Gasteiger partial charge in [-0.1, -0.05) is 48.5 Å². The van der Waals surface area contributed by atoms with E-state index >= 15 is 0 Å². The molecule has 0 atom stereocenters. The molecule has 0 saturated heterocycles. The standard InChI is InChI=1S/C24H21N3O2/c1-17-23(19-9-5-3-6-10-19)24(27(26-17)20-11-7-4-8-12-20)25-16-18-13-14-21(28)22(15-18)29-2/h3-16,28H,1-2H3/b25-16+. The summed E-state index contributed by atoms with van der Waals surface area (Å²) in [6.45, 7) is 1.99. The fourth-order valence-corrected chi connectivity index (χ4v) is 3.24. The first-order chi connectivity index (χ1) is 14.2. The number of phenolic OH excluding ortho intramolecular Hbond substituents is 1. The number of benzene rings is 3. The molecule has 29 heavy (non-hydrogen) atoms. The average molecular weight is 383 g/mol. The normalized spacial score (nSPS) is 11.1. The molecule has 0 spiro atoms. The van der Waals surface area contributed by atoms with Crippen molar-refractivity contribution in [1.29, 1.82) is 0 Å². The third kappa shape index (κ3) is 3.75. The molecule has 0 saturated carbocycles. The molecular formula is C24H21N3O2. The fraction of sp³-hybridized carbons (Fsp3) is 0.0833. The first-order valence-corrected chi connectivity index (χ1v) is 9.29. The van der Waals surface area contributed by atoms with Gasteiger partial charge in [-0.3, -0.25) is 0 Å². The number of aryl methyl sites for hydroxylation is 1. The van der Waals surface area contributed by atoms with E-state index in [0.29, 0.717) is 5.75 Å². The van der Waals surface area contributed by atoms with Gasteiger partial charge in [0.1, 0.15) is 0 Å². The van der Waals surface area contributed by atoms with E-state index in [1.807, 2.05) is 60.1 Å². The lowest BCUT2D eigenvalue weighted by molar-refractivity contribution is 0.373. The Labute approximate surface area is 169 Å². The van der Waals surface area contributed by atoms with E-state index in [1.165, 1.54) is 7.11 Å². The summed E-state index contributed by atoms with van der Waals surface area (Å²) in [5.74, 6) is 1.25. The minimum atomic E-state index is 0.0970. The van der Waals surface area contributed by atoms with Crippen molar-refractivity contribution in [3.63, 3.8) is 0 Å². The Morgan fingerprint density at radius 3 is 2.34 bits per heavy atom. The van der Waals surface area contributed by atoms with E-state index in [2.05, 4.69) is 12.1 Å². The molecule has 0 bridgehead atoms. The van der Waals surface area contributed by atoms with E-state index in [-0.39, 0.29) is 5.75 Å². The van der Waals surface area contributed by atoms with Gasteiger partial charge in [0.05, 0.1) is 18.5 Å². The summed E-state index contributed by atoms with van der Waals surface area (Å²) < 4.78 is 7.05. The topological polar surface area (TPSA) is 59.6 Å². The van der Waals surface area contributed by atoms with Crippen LogP contribution in [0.2, 0.25) is 0 Å². The molecule has 1 N–H and O–H groups in total. The summed E-state index contributed by atoms with van der Waals surface area (Å²) in [4.78, 5) is 4.79. The van der Waals surface area contributed by atoms with Crippen molar-refractivity contribution >= 4 is 12.0 Å². The number of aromatic nitrogens is 2. The fourth-order valence-electron chi connectivity index (χ4n) is 3.24. The van der Waals surface area contributed by atoms with Crippen molar-refractivity contribution in [3.05, 3.63) is 90.1 Å². The molecule has 0 aliphatic rings. The summed E-state index contributed by atoms with van der Waals surface area (Å²) in [6.07, 6.45) is 1.75. The van der Waals surface area contributed by atoms with Gasteiger partial charge >= 0.3 is 0 Å². The second kappa shape index (κ2) is 8.02. The Kier molecular flexibility index (Phi) is 5.12. The molecule has 0 amide bonds. The Hall–Kier alpha value is -3.86. The van der Waals surface area contributed by atoms with E-state index in [1.54, 1.807) is 24.4 Å². The Morgan fingerprint density at radius 1 is 0.966 bits per heavy atom. The van der Waals surface area contributed by atoms with Crippen LogP contribution >= 0.6 is 0 Å². The molecule has 4 rings (SSSR count). The zero-order valence-electron chi connectivity index (χ0n) is 16.3. The van der Waals surface area contributed by atoms with Crippen molar-refractivity contribution in [2.45, 2.75) is 6.92 Å². The van der Waals surface area contributed by atoms with E-state index in [4.69, 9.17) is 14.8 Å². The molecule has 4 aromatic rings. The molecule has 0 fully saturated rings. The summed E-state index contributed by atoms with van der Waals surface area (Å²) in [6, 6.07) is 25.2. The monoisotopic (exact) mass is 383 g/mol. The maximum Gasteiger partial charge on any atom is 0.163 e. The molecule has 5 nitrogen and oxygen atoms in total. The van der Waals surface area contributed by atoms with E-state index < -0.39 is 0 Å². The van der Waals surface area contributed by atoms with Gasteiger partial charge < -0.3 is 9.84 Å². The van der Waals surface area contributed by atoms with Crippen LogP contribution in [0.15, 0.2) is 83.9 Å². The Bertz CT molecular complexity index is 1150. The minimum absolute atomic E-state index is 0.0970. The summed E-state index contributed by atoms with van der Waals surface area (Å²) in [5, 5.41) is 14.6. The highest BCUT2D eigenvalue weighted by Gasteiger charge is 2.17. The number of rotatable bonds is 5. The Morgan fingerprint density at radius 2 is 1.66 bits per heavy atom. The van der Waals surface area contributed by atoms with Crippen LogP contribution in [0, 0.1) is 6.92 Å². The maximum absolute atomic E-state index is 9.83. The molecule has 144 valence electrons. The van der Waals surface area contributed by atoms with Gasteiger partial charge in [-0.2, -0.15) is 5.10 Å². The smallest absolute Gasteiger partial charge is 0.163 e. The number of para-hydroxylation sites is 1. The van der Waals surface area contributed by atoms with Crippen LogP contribution in [0.4, 0.5) is 5.82 Å². The SMILES string of the molecule is COc1cc(/C=N/c2c(-c3ccccc3)c(C)nn2-c2ccccc2)ccc1O. The third-order valence-corrected chi connectivity index (χ3v) is 4.64. The largest absolute Gasteiger partial charge is 0.504 e. The molecular weight excluding hydrogens is 362 g/mol. The van der Waals surface area contributed by atoms with Gasteiger partial charge in [0.25, 0.3) is 0 Å². The van der Waals surface area contributed by atoms with Gasteiger partial charge in [-0.05, 0) is 48.4 Å². The van der Waals surface area contributed by atoms with E-state index in [9.17, 15) is 5.11 Å². The summed E-state index contributed by atoms with van der Waals surface area (Å²) in [5.41, 5.74) is 4.69. The number of hydrogen-bond acceptors (Lipinski definition) is 4. The lowest BCUT2D eigenvalue weighted by Crippen LogP contribution is -1.96. The Balaban J connectivity index is 1.86. The molecule has 3 aromatic carbocycles. The number of hydrogen-bond donors (Lipinski definition) is 1.